The van der Waals surface area contributed by atoms with Gasteiger partial charge in [0.15, 0.2) is 0 Å². The molecule has 12 heavy (non-hydrogen) atoms. The fraction of sp³-hybridized carbons (Fsp3) is 0.667. The predicted octanol–water partition coefficient (Wildman–Crippen LogP) is 2.75. The summed E-state index contributed by atoms with van der Waals surface area (Å²) in [6, 6.07) is 0. The van der Waals surface area contributed by atoms with Gasteiger partial charge in [-0.15, -0.1) is 0 Å². The summed E-state index contributed by atoms with van der Waals surface area (Å²) in [6.45, 7) is 5.56. The van der Waals surface area contributed by atoms with Gasteiger partial charge in [-0.05, 0) is 31.3 Å². The predicted molar refractivity (Wildman–Crippen MR) is 45.5 cm³/mol. The van der Waals surface area contributed by atoms with Gasteiger partial charge < -0.3 is 5.11 Å². The number of aliphatic carboxylic acids is 1. The Hall–Kier alpha value is -0.860. The molecule has 0 aliphatic rings. The van der Waals surface area contributed by atoms with Gasteiger partial charge in [0.25, 0.3) is 0 Å². The van der Waals surface area contributed by atoms with Crippen LogP contribution in [0.2, 0.25) is 0 Å². The maximum absolute atomic E-state index is 12.6. The lowest BCUT2D eigenvalue weighted by atomic mass is 10.0. The molecule has 0 aromatic carbocycles. The molecule has 70 valence electrons. The molecule has 0 radical (unpaired) electrons. The van der Waals surface area contributed by atoms with Crippen LogP contribution in [0.25, 0.3) is 0 Å². The van der Waals surface area contributed by atoms with Crippen molar-refractivity contribution in [3.63, 3.8) is 0 Å². The van der Waals surface area contributed by atoms with E-state index in [2.05, 4.69) is 0 Å². The zero-order valence-electron chi connectivity index (χ0n) is 7.72. The summed E-state index contributed by atoms with van der Waals surface area (Å²) in [5, 5.41) is 8.28. The maximum Gasteiger partial charge on any atom is 0.364 e. The molecule has 2 nitrogen and oxygen atoms in total. The SMILES string of the molecule is CC(CCC(C)C)=C(F)C(=O)O. The Morgan fingerprint density at radius 3 is 2.33 bits per heavy atom. The Bertz CT molecular complexity index is 195. The van der Waals surface area contributed by atoms with Gasteiger partial charge in [0, 0.05) is 0 Å². The van der Waals surface area contributed by atoms with Crippen molar-refractivity contribution in [2.24, 2.45) is 5.92 Å². The Morgan fingerprint density at radius 2 is 2.00 bits per heavy atom. The van der Waals surface area contributed by atoms with Crippen LogP contribution in [0.1, 0.15) is 33.6 Å². The molecule has 0 aromatic rings. The molecule has 0 amide bonds. The largest absolute Gasteiger partial charge is 0.476 e. The number of allylic oxidation sites excluding steroid dienone is 1. The van der Waals surface area contributed by atoms with E-state index in [0.29, 0.717) is 17.9 Å². The Labute approximate surface area is 72.1 Å². The molecular weight excluding hydrogens is 159 g/mol. The molecule has 0 bridgehead atoms. The van der Waals surface area contributed by atoms with E-state index >= 15 is 0 Å². The summed E-state index contributed by atoms with van der Waals surface area (Å²) in [5.74, 6) is -1.99. The molecule has 0 aliphatic heterocycles. The van der Waals surface area contributed by atoms with Crippen molar-refractivity contribution < 1.29 is 14.3 Å². The Balaban J connectivity index is 4.09. The highest BCUT2D eigenvalue weighted by molar-refractivity contribution is 5.84. The zero-order chi connectivity index (χ0) is 9.72. The van der Waals surface area contributed by atoms with Crippen LogP contribution < -0.4 is 0 Å². The van der Waals surface area contributed by atoms with E-state index < -0.39 is 11.8 Å². The molecular formula is C9H15FO2. The number of carboxylic acids is 1. The zero-order valence-corrected chi connectivity index (χ0v) is 7.72. The average Bonchev–Trinajstić information content (AvgIpc) is 1.98. The standard InChI is InChI=1S/C9H15FO2/c1-6(2)4-5-7(3)8(10)9(11)12/h6H,4-5H2,1-3H3,(H,11,12). The molecule has 0 saturated heterocycles. The molecule has 0 aliphatic carbocycles. The third-order valence-corrected chi connectivity index (χ3v) is 1.66. The van der Waals surface area contributed by atoms with Crippen molar-refractivity contribution in [3.05, 3.63) is 11.4 Å². The fourth-order valence-electron chi connectivity index (χ4n) is 0.797. The lowest BCUT2D eigenvalue weighted by Gasteiger charge is -2.04. The van der Waals surface area contributed by atoms with Crippen molar-refractivity contribution >= 4 is 5.97 Å². The molecule has 0 atom stereocenters. The van der Waals surface area contributed by atoms with Crippen LogP contribution in [-0.4, -0.2) is 11.1 Å². The second-order valence-electron chi connectivity index (χ2n) is 3.33. The van der Waals surface area contributed by atoms with Crippen molar-refractivity contribution in [2.75, 3.05) is 0 Å². The van der Waals surface area contributed by atoms with E-state index in [9.17, 15) is 9.18 Å². The topological polar surface area (TPSA) is 37.3 Å². The number of carboxylic acid groups (broad SMARTS) is 1. The van der Waals surface area contributed by atoms with Gasteiger partial charge in [-0.3, -0.25) is 0 Å². The van der Waals surface area contributed by atoms with Crippen LogP contribution in [0.5, 0.6) is 0 Å². The molecule has 0 unspecified atom stereocenters. The highest BCUT2D eigenvalue weighted by Gasteiger charge is 2.09. The van der Waals surface area contributed by atoms with E-state index in [1.54, 1.807) is 0 Å². The van der Waals surface area contributed by atoms with Gasteiger partial charge in [-0.25, -0.2) is 4.79 Å². The van der Waals surface area contributed by atoms with Crippen LogP contribution >= 0.6 is 0 Å². The van der Waals surface area contributed by atoms with Crippen LogP contribution in [0.3, 0.4) is 0 Å². The molecule has 0 aromatic heterocycles. The number of halogens is 1. The molecule has 0 rings (SSSR count). The van der Waals surface area contributed by atoms with E-state index in [1.165, 1.54) is 6.92 Å². The molecule has 0 spiro atoms. The molecule has 1 N–H and O–H groups in total. The van der Waals surface area contributed by atoms with E-state index in [-0.39, 0.29) is 0 Å². The van der Waals surface area contributed by atoms with Crippen LogP contribution in [-0.2, 0) is 4.79 Å². The summed E-state index contributed by atoms with van der Waals surface area (Å²) in [7, 11) is 0. The van der Waals surface area contributed by atoms with E-state index in [4.69, 9.17) is 5.11 Å². The summed E-state index contributed by atoms with van der Waals surface area (Å²) in [5.41, 5.74) is 0.330. The van der Waals surface area contributed by atoms with E-state index in [1.807, 2.05) is 13.8 Å². The third-order valence-electron chi connectivity index (χ3n) is 1.66. The van der Waals surface area contributed by atoms with E-state index in [0.717, 1.165) is 6.42 Å². The minimum absolute atomic E-state index is 0.330. The molecule has 3 heteroatoms. The van der Waals surface area contributed by atoms with Gasteiger partial charge in [0.2, 0.25) is 5.83 Å². The highest BCUT2D eigenvalue weighted by atomic mass is 19.1. The average molecular weight is 174 g/mol. The number of hydrogen-bond donors (Lipinski definition) is 1. The van der Waals surface area contributed by atoms with Crippen LogP contribution in [0, 0.1) is 5.92 Å². The summed E-state index contributed by atoms with van der Waals surface area (Å²) < 4.78 is 12.6. The maximum atomic E-state index is 12.6. The second kappa shape index (κ2) is 4.91. The van der Waals surface area contributed by atoms with Crippen molar-refractivity contribution in [3.8, 4) is 0 Å². The van der Waals surface area contributed by atoms with Gasteiger partial charge in [-0.1, -0.05) is 13.8 Å². The monoisotopic (exact) mass is 174 g/mol. The van der Waals surface area contributed by atoms with Gasteiger partial charge in [-0.2, -0.15) is 4.39 Å². The Kier molecular flexibility index (Phi) is 4.55. The van der Waals surface area contributed by atoms with Crippen LogP contribution in [0.4, 0.5) is 4.39 Å². The first-order chi connectivity index (χ1) is 5.45. The lowest BCUT2D eigenvalue weighted by molar-refractivity contribution is -0.134. The van der Waals surface area contributed by atoms with Crippen molar-refractivity contribution in [1.82, 2.24) is 0 Å². The summed E-state index contributed by atoms with van der Waals surface area (Å²) in [4.78, 5) is 10.2. The summed E-state index contributed by atoms with van der Waals surface area (Å²) in [6.07, 6.45) is 1.35. The number of rotatable bonds is 4. The lowest BCUT2D eigenvalue weighted by Crippen LogP contribution is -1.99. The minimum Gasteiger partial charge on any atom is -0.476 e. The first kappa shape index (κ1) is 11.1. The molecule has 0 fully saturated rings. The first-order valence-corrected chi connectivity index (χ1v) is 4.03. The van der Waals surface area contributed by atoms with Gasteiger partial charge in [0.1, 0.15) is 0 Å². The first-order valence-electron chi connectivity index (χ1n) is 4.03. The normalized spacial score (nSPS) is 13.1. The van der Waals surface area contributed by atoms with Gasteiger partial charge >= 0.3 is 5.97 Å². The third kappa shape index (κ3) is 4.11. The smallest absolute Gasteiger partial charge is 0.364 e. The second-order valence-corrected chi connectivity index (χ2v) is 3.33. The molecule has 0 saturated carbocycles. The summed E-state index contributed by atoms with van der Waals surface area (Å²) >= 11 is 0. The number of carbonyl (C=O) groups is 1. The van der Waals surface area contributed by atoms with Crippen molar-refractivity contribution in [1.29, 1.82) is 0 Å². The minimum atomic E-state index is -1.46. The van der Waals surface area contributed by atoms with Crippen molar-refractivity contribution in [2.45, 2.75) is 33.6 Å². The fourth-order valence-corrected chi connectivity index (χ4v) is 0.797. The quantitative estimate of drug-likeness (QED) is 0.665. The van der Waals surface area contributed by atoms with Crippen LogP contribution in [0.15, 0.2) is 11.4 Å². The van der Waals surface area contributed by atoms with Gasteiger partial charge in [0.05, 0.1) is 0 Å². The Morgan fingerprint density at radius 1 is 1.50 bits per heavy atom. The highest BCUT2D eigenvalue weighted by Crippen LogP contribution is 2.15. The molecule has 0 heterocycles. The number of hydrogen-bond acceptors (Lipinski definition) is 1.